The number of carbonyl (C=O) groups is 1. The first-order valence-corrected chi connectivity index (χ1v) is 7.20. The third kappa shape index (κ3) is 4.57. The van der Waals surface area contributed by atoms with Gasteiger partial charge in [-0.05, 0) is 30.3 Å². The Labute approximate surface area is 135 Å². The van der Waals surface area contributed by atoms with Crippen molar-refractivity contribution in [2.24, 2.45) is 0 Å². The number of rotatable bonds is 3. The highest BCUT2D eigenvalue weighted by Gasteiger charge is 2.31. The van der Waals surface area contributed by atoms with Crippen molar-refractivity contribution in [3.63, 3.8) is 0 Å². The molecule has 7 heteroatoms. The molecule has 2 rings (SSSR count). The van der Waals surface area contributed by atoms with Gasteiger partial charge in [-0.2, -0.15) is 0 Å². The van der Waals surface area contributed by atoms with Gasteiger partial charge in [-0.25, -0.2) is 0 Å². The second-order valence-corrected chi connectivity index (χ2v) is 5.89. The highest BCUT2D eigenvalue weighted by atomic mass is 79.9. The minimum Gasteiger partial charge on any atom is -0.406 e. The van der Waals surface area contributed by atoms with Gasteiger partial charge in [-0.1, -0.05) is 44.0 Å². The molecule has 0 aliphatic heterocycles. The molecule has 0 unspecified atom stereocenters. The molecule has 0 heterocycles. The largest absolute Gasteiger partial charge is 0.573 e. The lowest BCUT2D eigenvalue weighted by Crippen LogP contribution is -2.17. The fourth-order valence-corrected chi connectivity index (χ4v) is 2.98. The zero-order chi connectivity index (χ0) is 15.6. The van der Waals surface area contributed by atoms with E-state index in [2.05, 4.69) is 36.6 Å². The number of benzene rings is 2. The first-order valence-electron chi connectivity index (χ1n) is 5.61. The molecule has 0 aromatic heterocycles. The second-order valence-electron chi connectivity index (χ2n) is 4.06. The molecule has 0 saturated carbocycles. The maximum absolute atomic E-state index is 12.3. The molecular weight excluding hydrogens is 417 g/mol. The topological polar surface area (TPSA) is 26.3 Å². The number of hydrogen-bond donors (Lipinski definition) is 0. The van der Waals surface area contributed by atoms with E-state index in [0.29, 0.717) is 14.5 Å². The zero-order valence-corrected chi connectivity index (χ0v) is 13.4. The summed E-state index contributed by atoms with van der Waals surface area (Å²) in [5, 5.41) is 0. The number of ketones is 1. The third-order valence-corrected chi connectivity index (χ3v) is 3.37. The second kappa shape index (κ2) is 6.19. The lowest BCUT2D eigenvalue weighted by Gasteiger charge is -2.10. The van der Waals surface area contributed by atoms with Crippen molar-refractivity contribution < 1.29 is 22.7 Å². The Morgan fingerprint density at radius 3 is 2.14 bits per heavy atom. The van der Waals surface area contributed by atoms with Crippen molar-refractivity contribution in [2.45, 2.75) is 6.36 Å². The van der Waals surface area contributed by atoms with E-state index in [0.717, 1.165) is 12.1 Å². The van der Waals surface area contributed by atoms with E-state index in [1.807, 2.05) is 0 Å². The Balaban J connectivity index is 2.33. The van der Waals surface area contributed by atoms with Crippen molar-refractivity contribution in [2.75, 3.05) is 0 Å². The van der Waals surface area contributed by atoms with E-state index in [1.165, 1.54) is 12.1 Å². The molecule has 0 amide bonds. The van der Waals surface area contributed by atoms with Crippen molar-refractivity contribution in [1.29, 1.82) is 0 Å². The third-order valence-electron chi connectivity index (χ3n) is 2.45. The van der Waals surface area contributed by atoms with E-state index < -0.39 is 17.9 Å². The molecule has 0 bridgehead atoms. The first-order chi connectivity index (χ1) is 9.74. The molecule has 21 heavy (non-hydrogen) atoms. The van der Waals surface area contributed by atoms with E-state index >= 15 is 0 Å². The molecule has 0 aliphatic carbocycles. The Bertz CT molecular complexity index is 664. The van der Waals surface area contributed by atoms with Gasteiger partial charge in [-0.15, -0.1) is 13.2 Å². The Morgan fingerprint density at radius 1 is 0.952 bits per heavy atom. The maximum Gasteiger partial charge on any atom is 0.573 e. The van der Waals surface area contributed by atoms with Crippen LogP contribution in [0.1, 0.15) is 15.9 Å². The lowest BCUT2D eigenvalue weighted by atomic mass is 10.0. The van der Waals surface area contributed by atoms with Crippen LogP contribution >= 0.6 is 31.9 Å². The Hall–Kier alpha value is -1.34. The highest BCUT2D eigenvalue weighted by Crippen LogP contribution is 2.26. The summed E-state index contributed by atoms with van der Waals surface area (Å²) in [5.74, 6) is -0.827. The van der Waals surface area contributed by atoms with Gasteiger partial charge in [0.05, 0.1) is 0 Å². The van der Waals surface area contributed by atoms with Crippen LogP contribution < -0.4 is 4.74 Å². The summed E-state index contributed by atoms with van der Waals surface area (Å²) < 4.78 is 41.7. The number of hydrogen-bond acceptors (Lipinski definition) is 2. The van der Waals surface area contributed by atoms with Gasteiger partial charge in [0.2, 0.25) is 0 Å². The Kier molecular flexibility index (Phi) is 4.73. The SMILES string of the molecule is O=C(c1cc(Br)cc(Br)c1)c1cccc(OC(F)(F)F)c1. The summed E-state index contributed by atoms with van der Waals surface area (Å²) in [4.78, 5) is 12.3. The fourth-order valence-electron chi connectivity index (χ4n) is 1.69. The lowest BCUT2D eigenvalue weighted by molar-refractivity contribution is -0.274. The first kappa shape index (κ1) is 16.0. The van der Waals surface area contributed by atoms with E-state index in [9.17, 15) is 18.0 Å². The van der Waals surface area contributed by atoms with Crippen LogP contribution in [-0.4, -0.2) is 12.1 Å². The van der Waals surface area contributed by atoms with Crippen LogP contribution in [0.2, 0.25) is 0 Å². The Morgan fingerprint density at radius 2 is 1.57 bits per heavy atom. The fraction of sp³-hybridized carbons (Fsp3) is 0.0714. The molecule has 2 aromatic carbocycles. The van der Waals surface area contributed by atoms with Crippen molar-refractivity contribution in [3.05, 3.63) is 62.5 Å². The van der Waals surface area contributed by atoms with Crippen molar-refractivity contribution >= 4 is 37.6 Å². The van der Waals surface area contributed by atoms with Gasteiger partial charge in [-0.3, -0.25) is 4.79 Å². The highest BCUT2D eigenvalue weighted by molar-refractivity contribution is 9.11. The van der Waals surface area contributed by atoms with Gasteiger partial charge in [0.1, 0.15) is 5.75 Å². The van der Waals surface area contributed by atoms with Crippen LogP contribution in [0.25, 0.3) is 0 Å². The molecular formula is C14H7Br2F3O2. The minimum atomic E-state index is -4.79. The monoisotopic (exact) mass is 422 g/mol. The molecule has 0 saturated heterocycles. The van der Waals surface area contributed by atoms with Gasteiger partial charge in [0.15, 0.2) is 5.78 Å². The van der Waals surface area contributed by atoms with Gasteiger partial charge in [0, 0.05) is 20.1 Å². The molecule has 0 spiro atoms. The summed E-state index contributed by atoms with van der Waals surface area (Å²) in [6.07, 6.45) is -4.79. The molecule has 2 nitrogen and oxygen atoms in total. The van der Waals surface area contributed by atoms with Crippen molar-refractivity contribution in [1.82, 2.24) is 0 Å². The summed E-state index contributed by atoms with van der Waals surface area (Å²) >= 11 is 6.50. The van der Waals surface area contributed by atoms with E-state index in [-0.39, 0.29) is 5.56 Å². The van der Waals surface area contributed by atoms with Gasteiger partial charge in [0.25, 0.3) is 0 Å². The van der Waals surface area contributed by atoms with Crippen LogP contribution in [0.4, 0.5) is 13.2 Å². The van der Waals surface area contributed by atoms with Gasteiger partial charge >= 0.3 is 6.36 Å². The number of halogens is 5. The summed E-state index contributed by atoms with van der Waals surface area (Å²) in [6, 6.07) is 9.89. The molecule has 0 aliphatic rings. The molecule has 0 fully saturated rings. The predicted octanol–water partition coefficient (Wildman–Crippen LogP) is 5.34. The quantitative estimate of drug-likeness (QED) is 0.622. The summed E-state index contributed by atoms with van der Waals surface area (Å²) in [6.45, 7) is 0. The maximum atomic E-state index is 12.3. The number of alkyl halides is 3. The summed E-state index contributed by atoms with van der Waals surface area (Å²) in [7, 11) is 0. The standard InChI is InChI=1S/C14H7Br2F3O2/c15-10-4-9(5-11(16)7-10)13(20)8-2-1-3-12(6-8)21-14(17,18)19/h1-7H. The minimum absolute atomic E-state index is 0.113. The molecule has 110 valence electrons. The van der Waals surface area contributed by atoms with Crippen LogP contribution in [0.15, 0.2) is 51.4 Å². The molecule has 0 radical (unpaired) electrons. The van der Waals surface area contributed by atoms with Crippen LogP contribution in [0, 0.1) is 0 Å². The smallest absolute Gasteiger partial charge is 0.406 e. The number of ether oxygens (including phenoxy) is 1. The zero-order valence-electron chi connectivity index (χ0n) is 10.2. The average molecular weight is 424 g/mol. The normalized spacial score (nSPS) is 11.3. The molecule has 0 atom stereocenters. The molecule has 2 aromatic rings. The van der Waals surface area contributed by atoms with Crippen LogP contribution in [0.3, 0.4) is 0 Å². The molecule has 0 N–H and O–H groups in total. The van der Waals surface area contributed by atoms with Crippen LogP contribution in [0.5, 0.6) is 5.75 Å². The van der Waals surface area contributed by atoms with Crippen molar-refractivity contribution in [3.8, 4) is 5.75 Å². The van der Waals surface area contributed by atoms with Gasteiger partial charge < -0.3 is 4.74 Å². The number of carbonyl (C=O) groups excluding carboxylic acids is 1. The van der Waals surface area contributed by atoms with E-state index in [4.69, 9.17) is 0 Å². The summed E-state index contributed by atoms with van der Waals surface area (Å²) in [5.41, 5.74) is 0.460. The predicted molar refractivity (Wildman–Crippen MR) is 78.4 cm³/mol. The van der Waals surface area contributed by atoms with Crippen LogP contribution in [-0.2, 0) is 0 Å². The average Bonchev–Trinajstić information content (AvgIpc) is 2.35. The van der Waals surface area contributed by atoms with E-state index in [1.54, 1.807) is 18.2 Å².